The van der Waals surface area contributed by atoms with Crippen molar-refractivity contribution in [2.45, 2.75) is 0 Å². The zero-order valence-corrected chi connectivity index (χ0v) is 6.33. The molecule has 5 heteroatoms. The van der Waals surface area contributed by atoms with Crippen LogP contribution < -0.4 is 5.01 Å². The van der Waals surface area contributed by atoms with Gasteiger partial charge in [-0.1, -0.05) is 4.91 Å². The van der Waals surface area contributed by atoms with Crippen LogP contribution in [0.4, 0.5) is 0 Å². The van der Waals surface area contributed by atoms with Gasteiger partial charge in [0.1, 0.15) is 5.76 Å². The van der Waals surface area contributed by atoms with Gasteiger partial charge in [-0.05, 0) is 12.2 Å². The van der Waals surface area contributed by atoms with Crippen LogP contribution in [0.1, 0.15) is 0 Å². The van der Waals surface area contributed by atoms with Gasteiger partial charge < -0.3 is 5.11 Å². The summed E-state index contributed by atoms with van der Waals surface area (Å²) in [6, 6.07) is 0. The second-order valence-corrected chi connectivity index (χ2v) is 2.36. The van der Waals surface area contributed by atoms with E-state index in [0.717, 1.165) is 0 Å². The van der Waals surface area contributed by atoms with E-state index in [2.05, 4.69) is 10.2 Å². The summed E-state index contributed by atoms with van der Waals surface area (Å²) in [5.74, 6) is 0.276. The van der Waals surface area contributed by atoms with E-state index < -0.39 is 0 Å². The summed E-state index contributed by atoms with van der Waals surface area (Å²) in [5, 5.41) is 18.7. The highest BCUT2D eigenvalue weighted by molar-refractivity contribution is 5.21. The molecule has 2 heterocycles. The normalized spacial score (nSPS) is 16.3. The molecule has 0 saturated heterocycles. The van der Waals surface area contributed by atoms with Crippen molar-refractivity contribution in [1.29, 1.82) is 0 Å². The molecule has 1 aromatic rings. The Kier molecular flexibility index (Phi) is 1.55. The van der Waals surface area contributed by atoms with E-state index in [1.54, 1.807) is 35.8 Å². The Labute approximate surface area is 69.2 Å². The van der Waals surface area contributed by atoms with Crippen molar-refractivity contribution in [2.24, 2.45) is 0 Å². The van der Waals surface area contributed by atoms with Gasteiger partial charge in [-0.3, -0.25) is 5.01 Å². The molecule has 0 radical (unpaired) electrons. The van der Waals surface area contributed by atoms with E-state index in [1.165, 1.54) is 4.91 Å². The van der Waals surface area contributed by atoms with E-state index in [0.29, 0.717) is 6.54 Å². The number of nitrogens with zero attached hydrogens (tertiary/aromatic N) is 4. The van der Waals surface area contributed by atoms with E-state index in [-0.39, 0.29) is 5.76 Å². The lowest BCUT2D eigenvalue weighted by Gasteiger charge is -2.18. The van der Waals surface area contributed by atoms with Gasteiger partial charge in [0.05, 0.1) is 18.9 Å². The molecule has 1 aliphatic heterocycles. The fraction of sp³-hybridized carbons (Fsp3) is 0.143. The molecule has 0 saturated carbocycles. The Balaban J connectivity index is 2.15. The number of hydrogen-bond acceptors (Lipinski definition) is 4. The first kappa shape index (κ1) is 6.90. The fourth-order valence-electron chi connectivity index (χ4n) is 0.952. The van der Waals surface area contributed by atoms with E-state index in [9.17, 15) is 0 Å². The highest BCUT2D eigenvalue weighted by Crippen LogP contribution is 2.01. The Morgan fingerprint density at radius 2 is 2.08 bits per heavy atom. The standard InChI is InChI=1S/C7H8N4O/c12-7-1-5-10(6-2-7)11-8-3-4-9-11/h1-5,12H,6H2. The minimum atomic E-state index is 0.276. The first-order valence-electron chi connectivity index (χ1n) is 3.57. The number of allylic oxidation sites excluding steroid dienone is 1. The van der Waals surface area contributed by atoms with Crippen LogP contribution in [0.5, 0.6) is 0 Å². The minimum absolute atomic E-state index is 0.276. The van der Waals surface area contributed by atoms with Crippen LogP contribution in [0, 0.1) is 0 Å². The third kappa shape index (κ3) is 1.16. The summed E-state index contributed by atoms with van der Waals surface area (Å²) in [6.07, 6.45) is 8.20. The average Bonchev–Trinajstić information content (AvgIpc) is 2.58. The molecule has 62 valence electrons. The van der Waals surface area contributed by atoms with Crippen LogP contribution >= 0.6 is 0 Å². The van der Waals surface area contributed by atoms with Crippen molar-refractivity contribution in [3.63, 3.8) is 0 Å². The van der Waals surface area contributed by atoms with Gasteiger partial charge in [-0.15, -0.1) is 10.2 Å². The molecule has 1 N–H and O–H groups in total. The number of rotatable bonds is 1. The topological polar surface area (TPSA) is 54.2 Å². The quantitative estimate of drug-likeness (QED) is 0.643. The van der Waals surface area contributed by atoms with E-state index in [1.807, 2.05) is 0 Å². The Morgan fingerprint density at radius 3 is 2.67 bits per heavy atom. The van der Waals surface area contributed by atoms with Crippen LogP contribution in [0.15, 0.2) is 36.5 Å². The van der Waals surface area contributed by atoms with Gasteiger partial charge in [-0.2, -0.15) is 0 Å². The van der Waals surface area contributed by atoms with Gasteiger partial charge in [0, 0.05) is 6.20 Å². The molecule has 5 nitrogen and oxygen atoms in total. The van der Waals surface area contributed by atoms with Gasteiger partial charge in [0.25, 0.3) is 0 Å². The molecule has 0 atom stereocenters. The molecule has 12 heavy (non-hydrogen) atoms. The third-order valence-electron chi connectivity index (χ3n) is 1.54. The third-order valence-corrected chi connectivity index (χ3v) is 1.54. The van der Waals surface area contributed by atoms with Crippen LogP contribution in [0.25, 0.3) is 0 Å². The highest BCUT2D eigenvalue weighted by Gasteiger charge is 2.05. The highest BCUT2D eigenvalue weighted by atomic mass is 16.3. The van der Waals surface area contributed by atoms with Crippen molar-refractivity contribution < 1.29 is 5.11 Å². The van der Waals surface area contributed by atoms with Crippen LogP contribution in [-0.4, -0.2) is 26.8 Å². The maximum atomic E-state index is 9.02. The summed E-state index contributed by atoms with van der Waals surface area (Å²) in [6.45, 7) is 0.580. The summed E-state index contributed by atoms with van der Waals surface area (Å²) < 4.78 is 0. The van der Waals surface area contributed by atoms with Crippen molar-refractivity contribution in [3.8, 4) is 0 Å². The molecule has 0 fully saturated rings. The second-order valence-electron chi connectivity index (χ2n) is 2.36. The largest absolute Gasteiger partial charge is 0.508 e. The maximum absolute atomic E-state index is 9.02. The molecule has 1 aromatic heterocycles. The average molecular weight is 164 g/mol. The number of hydrogen-bond donors (Lipinski definition) is 1. The molecule has 0 unspecified atom stereocenters. The number of aromatic nitrogens is 3. The molecule has 0 amide bonds. The Bertz CT molecular complexity index is 314. The number of aliphatic hydroxyl groups is 1. The lowest BCUT2D eigenvalue weighted by Crippen LogP contribution is -2.32. The lowest BCUT2D eigenvalue weighted by molar-refractivity contribution is 0.422. The molecule has 0 aliphatic carbocycles. The fourth-order valence-corrected chi connectivity index (χ4v) is 0.952. The van der Waals surface area contributed by atoms with Crippen LogP contribution in [0.3, 0.4) is 0 Å². The van der Waals surface area contributed by atoms with Crippen molar-refractivity contribution >= 4 is 0 Å². The summed E-state index contributed by atoms with van der Waals surface area (Å²) in [7, 11) is 0. The second kappa shape index (κ2) is 2.69. The molecule has 0 aromatic carbocycles. The zero-order valence-electron chi connectivity index (χ0n) is 6.33. The Morgan fingerprint density at radius 1 is 1.33 bits per heavy atom. The molecule has 2 rings (SSSR count). The summed E-state index contributed by atoms with van der Waals surface area (Å²) in [4.78, 5) is 1.46. The lowest BCUT2D eigenvalue weighted by atomic mass is 10.3. The molecule has 1 aliphatic rings. The zero-order chi connectivity index (χ0) is 8.39. The summed E-state index contributed by atoms with van der Waals surface area (Å²) in [5.41, 5.74) is 0. The van der Waals surface area contributed by atoms with Gasteiger partial charge in [0.2, 0.25) is 0 Å². The van der Waals surface area contributed by atoms with Gasteiger partial charge >= 0.3 is 0 Å². The molecular weight excluding hydrogens is 156 g/mol. The van der Waals surface area contributed by atoms with Crippen LogP contribution in [0.2, 0.25) is 0 Å². The predicted octanol–water partition coefficient (Wildman–Crippen LogP) is 0.185. The van der Waals surface area contributed by atoms with Gasteiger partial charge in [0.15, 0.2) is 0 Å². The van der Waals surface area contributed by atoms with E-state index in [4.69, 9.17) is 5.11 Å². The van der Waals surface area contributed by atoms with Crippen molar-refractivity contribution in [2.75, 3.05) is 11.6 Å². The monoisotopic (exact) mass is 164 g/mol. The molecule has 0 spiro atoms. The Hall–Kier alpha value is -1.78. The van der Waals surface area contributed by atoms with Crippen LogP contribution in [-0.2, 0) is 0 Å². The smallest absolute Gasteiger partial charge is 0.114 e. The first-order valence-corrected chi connectivity index (χ1v) is 3.57. The minimum Gasteiger partial charge on any atom is -0.508 e. The van der Waals surface area contributed by atoms with E-state index >= 15 is 0 Å². The van der Waals surface area contributed by atoms with Crippen molar-refractivity contribution in [1.82, 2.24) is 15.1 Å². The molecule has 0 bridgehead atoms. The summed E-state index contributed by atoms with van der Waals surface area (Å²) >= 11 is 0. The molecular formula is C7H8N4O. The number of aliphatic hydroxyl groups excluding tert-OH is 1. The maximum Gasteiger partial charge on any atom is 0.114 e. The van der Waals surface area contributed by atoms with Gasteiger partial charge in [-0.25, -0.2) is 0 Å². The first-order chi connectivity index (χ1) is 5.86. The SMILES string of the molecule is OC1=CCN(n2nccn2)C=C1. The predicted molar refractivity (Wildman–Crippen MR) is 43.0 cm³/mol. The van der Waals surface area contributed by atoms with Crippen molar-refractivity contribution in [3.05, 3.63) is 36.5 Å².